The molecular formula is C55H43N5. The second-order valence-electron chi connectivity index (χ2n) is 18.0. The third-order valence-corrected chi connectivity index (χ3v) is 13.4. The molecule has 11 aromatic rings. The summed E-state index contributed by atoms with van der Waals surface area (Å²) in [5.74, 6) is 1.86. The predicted octanol–water partition coefficient (Wildman–Crippen LogP) is 14.1. The highest BCUT2D eigenvalue weighted by Crippen LogP contribution is 2.49. The van der Waals surface area contributed by atoms with Gasteiger partial charge >= 0.3 is 0 Å². The van der Waals surface area contributed by atoms with Gasteiger partial charge in [0.15, 0.2) is 11.6 Å². The highest BCUT2D eigenvalue weighted by molar-refractivity contribution is 6.19. The summed E-state index contributed by atoms with van der Waals surface area (Å²) in [5, 5.41) is 9.51. The second-order valence-corrected chi connectivity index (χ2v) is 18.0. The van der Waals surface area contributed by atoms with Gasteiger partial charge in [0.1, 0.15) is 0 Å². The van der Waals surface area contributed by atoms with E-state index in [1.54, 1.807) is 0 Å². The lowest BCUT2D eigenvalue weighted by atomic mass is 9.63. The Bertz CT molecular complexity index is 3450. The Morgan fingerprint density at radius 1 is 0.383 bits per heavy atom. The van der Waals surface area contributed by atoms with Crippen molar-refractivity contribution < 1.29 is 0 Å². The van der Waals surface area contributed by atoms with E-state index in [4.69, 9.17) is 15.0 Å². The van der Waals surface area contributed by atoms with Crippen molar-refractivity contribution in [1.82, 2.24) is 24.1 Å². The molecule has 0 saturated carbocycles. The van der Waals surface area contributed by atoms with Crippen molar-refractivity contribution in [2.75, 3.05) is 0 Å². The molecule has 60 heavy (non-hydrogen) atoms. The predicted molar refractivity (Wildman–Crippen MR) is 250 cm³/mol. The summed E-state index contributed by atoms with van der Waals surface area (Å²) < 4.78 is 4.73. The number of fused-ring (bicyclic) bond motifs is 9. The zero-order valence-corrected chi connectivity index (χ0v) is 34.2. The molecule has 0 bridgehead atoms. The molecule has 3 aromatic heterocycles. The van der Waals surface area contributed by atoms with E-state index >= 15 is 0 Å². The van der Waals surface area contributed by atoms with Crippen molar-refractivity contribution in [3.63, 3.8) is 0 Å². The summed E-state index contributed by atoms with van der Waals surface area (Å²) in [6.07, 6.45) is 2.33. The van der Waals surface area contributed by atoms with E-state index in [1.165, 1.54) is 56.4 Å². The number of nitrogens with zero attached hydrogens (tertiary/aromatic N) is 5. The lowest BCUT2D eigenvalue weighted by Crippen LogP contribution is -2.33. The fraction of sp³-hybridized carbons (Fsp3) is 0.145. The molecule has 0 N–H and O–H groups in total. The highest BCUT2D eigenvalue weighted by atomic mass is 15.2. The van der Waals surface area contributed by atoms with E-state index in [-0.39, 0.29) is 10.8 Å². The topological polar surface area (TPSA) is 48.5 Å². The molecule has 0 aliphatic heterocycles. The average molecular weight is 774 g/mol. The van der Waals surface area contributed by atoms with Crippen LogP contribution in [0.3, 0.4) is 0 Å². The Kier molecular flexibility index (Phi) is 7.38. The number of para-hydroxylation sites is 2. The molecule has 0 atom stereocenters. The number of benzene rings is 8. The molecule has 8 aromatic carbocycles. The van der Waals surface area contributed by atoms with Crippen LogP contribution in [-0.2, 0) is 10.8 Å². The second kappa shape index (κ2) is 12.7. The quantitative estimate of drug-likeness (QED) is 0.179. The lowest BCUT2D eigenvalue weighted by molar-refractivity contribution is 0.332. The minimum Gasteiger partial charge on any atom is -0.309 e. The Morgan fingerprint density at radius 2 is 0.883 bits per heavy atom. The molecule has 288 valence electrons. The summed E-state index contributed by atoms with van der Waals surface area (Å²) in [6, 6.07) is 59.2. The van der Waals surface area contributed by atoms with Crippen LogP contribution in [0.25, 0.3) is 99.6 Å². The summed E-state index contributed by atoms with van der Waals surface area (Å²) >= 11 is 0. The van der Waals surface area contributed by atoms with E-state index < -0.39 is 0 Å². The van der Waals surface area contributed by atoms with Gasteiger partial charge in [0, 0.05) is 38.4 Å². The first-order valence-electron chi connectivity index (χ1n) is 21.1. The maximum atomic E-state index is 5.36. The first kappa shape index (κ1) is 34.9. The number of aromatic nitrogens is 5. The van der Waals surface area contributed by atoms with Crippen molar-refractivity contribution in [2.45, 2.75) is 51.4 Å². The average Bonchev–Trinajstić information content (AvgIpc) is 3.78. The van der Waals surface area contributed by atoms with Crippen LogP contribution in [0.1, 0.15) is 51.7 Å². The third-order valence-electron chi connectivity index (χ3n) is 13.4. The number of rotatable bonds is 4. The van der Waals surface area contributed by atoms with Gasteiger partial charge in [-0.2, -0.15) is 9.97 Å². The summed E-state index contributed by atoms with van der Waals surface area (Å²) in [7, 11) is 0. The molecule has 12 rings (SSSR count). The van der Waals surface area contributed by atoms with Crippen LogP contribution in [0.5, 0.6) is 0 Å². The van der Waals surface area contributed by atoms with Crippen LogP contribution in [0.15, 0.2) is 164 Å². The Labute approximate surface area is 348 Å². The van der Waals surface area contributed by atoms with Crippen molar-refractivity contribution >= 4 is 65.2 Å². The molecule has 5 nitrogen and oxygen atoms in total. The molecule has 0 radical (unpaired) electrons. The lowest BCUT2D eigenvalue weighted by Gasteiger charge is -2.42. The van der Waals surface area contributed by atoms with E-state index in [0.717, 1.165) is 49.5 Å². The van der Waals surface area contributed by atoms with Crippen LogP contribution >= 0.6 is 0 Å². The molecule has 5 heteroatoms. The molecule has 0 spiro atoms. The zero-order valence-electron chi connectivity index (χ0n) is 34.2. The molecule has 1 aliphatic rings. The maximum Gasteiger partial charge on any atom is 0.238 e. The molecule has 0 fully saturated rings. The molecule has 1 aliphatic carbocycles. The molecular weight excluding hydrogens is 731 g/mol. The van der Waals surface area contributed by atoms with Crippen LogP contribution in [-0.4, -0.2) is 24.1 Å². The molecule has 0 unspecified atom stereocenters. The fourth-order valence-corrected chi connectivity index (χ4v) is 9.99. The van der Waals surface area contributed by atoms with Gasteiger partial charge in [0.2, 0.25) is 5.95 Å². The number of hydrogen-bond donors (Lipinski definition) is 0. The smallest absolute Gasteiger partial charge is 0.238 e. The first-order valence-corrected chi connectivity index (χ1v) is 21.1. The van der Waals surface area contributed by atoms with Crippen LogP contribution in [0.4, 0.5) is 0 Å². The van der Waals surface area contributed by atoms with Crippen molar-refractivity contribution in [3.05, 3.63) is 175 Å². The Morgan fingerprint density at radius 3 is 1.53 bits per heavy atom. The minimum absolute atomic E-state index is 0.0820. The van der Waals surface area contributed by atoms with Gasteiger partial charge in [-0.1, -0.05) is 137 Å². The van der Waals surface area contributed by atoms with Crippen LogP contribution < -0.4 is 0 Å². The van der Waals surface area contributed by atoms with E-state index in [2.05, 4.69) is 201 Å². The van der Waals surface area contributed by atoms with Gasteiger partial charge in [-0.15, -0.1) is 0 Å². The van der Waals surface area contributed by atoms with Gasteiger partial charge < -0.3 is 4.57 Å². The SMILES string of the molecule is CC1(C)CCC(C)(C)c2cc3c(cc21)c1cc2c4ccccc4n(-c4nc(-c5ccc6ccccc6c5)nc(-c5ccc6ccccc6c5)n4)c2cc1n3-c1ccccc1. The van der Waals surface area contributed by atoms with Gasteiger partial charge in [0.25, 0.3) is 0 Å². The Hall–Kier alpha value is -7.11. The van der Waals surface area contributed by atoms with Crippen molar-refractivity contribution in [1.29, 1.82) is 0 Å². The first-order chi connectivity index (χ1) is 29.2. The maximum absolute atomic E-state index is 5.36. The normalized spacial score (nSPS) is 14.8. The van der Waals surface area contributed by atoms with Crippen molar-refractivity contribution in [3.8, 4) is 34.4 Å². The monoisotopic (exact) mass is 773 g/mol. The number of hydrogen-bond acceptors (Lipinski definition) is 3. The summed E-state index contributed by atoms with van der Waals surface area (Å²) in [6.45, 7) is 9.67. The summed E-state index contributed by atoms with van der Waals surface area (Å²) in [4.78, 5) is 15.9. The minimum atomic E-state index is 0.0820. The zero-order chi connectivity index (χ0) is 40.3. The molecule has 0 saturated heterocycles. The van der Waals surface area contributed by atoms with Crippen molar-refractivity contribution in [2.24, 2.45) is 0 Å². The third kappa shape index (κ3) is 5.28. The van der Waals surface area contributed by atoms with Gasteiger partial charge in [0.05, 0.1) is 22.1 Å². The van der Waals surface area contributed by atoms with Gasteiger partial charge in [-0.3, -0.25) is 4.57 Å². The largest absolute Gasteiger partial charge is 0.309 e. The van der Waals surface area contributed by atoms with Crippen LogP contribution in [0, 0.1) is 0 Å². The van der Waals surface area contributed by atoms with E-state index in [9.17, 15) is 0 Å². The molecule has 3 heterocycles. The highest BCUT2D eigenvalue weighted by Gasteiger charge is 2.38. The fourth-order valence-electron chi connectivity index (χ4n) is 9.99. The Balaban J connectivity index is 1.18. The van der Waals surface area contributed by atoms with Gasteiger partial charge in [-0.05, 0) is 111 Å². The van der Waals surface area contributed by atoms with E-state index in [1.807, 2.05) is 0 Å². The molecule has 0 amide bonds. The van der Waals surface area contributed by atoms with Crippen LogP contribution in [0.2, 0.25) is 0 Å². The standard InChI is InChI=1S/C55H43N5/c1-54(2)26-27-55(3,4)46-32-48-44(31-45(46)54)43-30-42-41-20-12-13-21-47(41)60(50(42)33-49(43)59(48)40-18-6-5-7-19-40)53-57-51(38-24-22-34-14-8-10-16-36(34)28-38)56-52(58-53)39-25-23-35-15-9-11-17-37(35)29-39/h5-25,28-33H,26-27H2,1-4H3. The van der Waals surface area contributed by atoms with E-state index in [0.29, 0.717) is 17.6 Å². The summed E-state index contributed by atoms with van der Waals surface area (Å²) in [5.41, 5.74) is 10.6. The van der Waals surface area contributed by atoms with Gasteiger partial charge in [-0.25, -0.2) is 4.98 Å².